The Kier molecular flexibility index (Phi) is 6.92. The summed E-state index contributed by atoms with van der Waals surface area (Å²) in [6.45, 7) is 4.66. The number of likely N-dealkylation sites (tertiary alicyclic amines) is 1. The molecule has 1 aromatic carbocycles. The number of aromatic nitrogens is 1. The molecule has 1 aromatic heterocycles. The van der Waals surface area contributed by atoms with Crippen molar-refractivity contribution in [2.24, 2.45) is 0 Å². The minimum absolute atomic E-state index is 0.0130. The molecule has 0 aliphatic carbocycles. The second-order valence-electron chi connectivity index (χ2n) is 7.96. The highest BCUT2D eigenvalue weighted by atomic mass is 35.5. The Labute approximate surface area is 188 Å². The van der Waals surface area contributed by atoms with Gasteiger partial charge in [-0.2, -0.15) is 0 Å². The Hall–Kier alpha value is -2.80. The lowest BCUT2D eigenvalue weighted by Gasteiger charge is -2.36. The van der Waals surface area contributed by atoms with Gasteiger partial charge in [-0.05, 0) is 37.5 Å². The number of piperidine rings is 1. The Morgan fingerprint density at radius 1 is 0.935 bits per heavy atom. The lowest BCUT2D eigenvalue weighted by Crippen LogP contribution is -2.50. The molecule has 0 spiro atoms. The fourth-order valence-corrected chi connectivity index (χ4v) is 4.32. The summed E-state index contributed by atoms with van der Waals surface area (Å²) in [5.41, 5.74) is 1.67. The first-order chi connectivity index (χ1) is 15.1. The molecule has 0 saturated carbocycles. The summed E-state index contributed by atoms with van der Waals surface area (Å²) in [5.74, 6) is 0.403. The first-order valence-corrected chi connectivity index (χ1v) is 11.3. The van der Waals surface area contributed by atoms with Gasteiger partial charge in [-0.15, -0.1) is 0 Å². The fourth-order valence-electron chi connectivity index (χ4n) is 4.09. The molecule has 1 N–H and O–H groups in total. The molecule has 2 amide bonds. The van der Waals surface area contributed by atoms with Crippen LogP contribution in [-0.4, -0.2) is 72.4 Å². The quantitative estimate of drug-likeness (QED) is 0.772. The molecule has 2 aliphatic rings. The van der Waals surface area contributed by atoms with Crippen molar-refractivity contribution in [1.29, 1.82) is 0 Å². The maximum atomic E-state index is 12.6. The minimum atomic E-state index is -0.0342. The number of hydrogen-bond donors (Lipinski definition) is 1. The van der Waals surface area contributed by atoms with Gasteiger partial charge in [0.25, 0.3) is 5.91 Å². The van der Waals surface area contributed by atoms with Gasteiger partial charge in [-0.1, -0.05) is 29.8 Å². The van der Waals surface area contributed by atoms with Gasteiger partial charge in [0.15, 0.2) is 0 Å². The predicted octanol–water partition coefficient (Wildman–Crippen LogP) is 3.12. The van der Waals surface area contributed by atoms with E-state index in [1.165, 1.54) is 18.3 Å². The number of piperazine rings is 1. The molecule has 7 nitrogen and oxygen atoms in total. The van der Waals surface area contributed by atoms with Crippen molar-refractivity contribution in [3.8, 4) is 0 Å². The first-order valence-electron chi connectivity index (χ1n) is 10.9. The second kappa shape index (κ2) is 10.0. The summed E-state index contributed by atoms with van der Waals surface area (Å²) < 4.78 is 0. The number of halogens is 1. The van der Waals surface area contributed by atoms with Crippen LogP contribution in [0.15, 0.2) is 42.6 Å². The van der Waals surface area contributed by atoms with Gasteiger partial charge in [-0.3, -0.25) is 9.59 Å². The Morgan fingerprint density at radius 3 is 2.32 bits per heavy atom. The number of nitrogens with one attached hydrogen (secondary N) is 1. The van der Waals surface area contributed by atoms with Crippen LogP contribution in [0.5, 0.6) is 0 Å². The van der Waals surface area contributed by atoms with Crippen LogP contribution < -0.4 is 10.2 Å². The molecular formula is C23H28ClN5O2. The van der Waals surface area contributed by atoms with Crippen LogP contribution in [0.3, 0.4) is 0 Å². The number of hydrogen-bond acceptors (Lipinski definition) is 5. The van der Waals surface area contributed by atoms with Crippen LogP contribution in [-0.2, 0) is 4.79 Å². The summed E-state index contributed by atoms with van der Waals surface area (Å²) >= 11 is 6.34. The summed E-state index contributed by atoms with van der Waals surface area (Å²) in [4.78, 5) is 35.5. The molecule has 2 aliphatic heterocycles. The van der Waals surface area contributed by atoms with Crippen LogP contribution in [0.2, 0.25) is 5.02 Å². The van der Waals surface area contributed by atoms with E-state index in [1.54, 1.807) is 6.07 Å². The van der Waals surface area contributed by atoms with E-state index in [9.17, 15) is 9.59 Å². The van der Waals surface area contributed by atoms with E-state index in [4.69, 9.17) is 11.6 Å². The number of para-hydroxylation sites is 1. The van der Waals surface area contributed by atoms with Crippen molar-refractivity contribution in [3.63, 3.8) is 0 Å². The van der Waals surface area contributed by atoms with E-state index in [-0.39, 0.29) is 18.4 Å². The fraction of sp³-hybridized carbons (Fsp3) is 0.435. The molecular weight excluding hydrogens is 414 g/mol. The summed E-state index contributed by atoms with van der Waals surface area (Å²) in [6.07, 6.45) is 4.78. The predicted molar refractivity (Wildman–Crippen MR) is 123 cm³/mol. The van der Waals surface area contributed by atoms with Crippen molar-refractivity contribution in [2.75, 3.05) is 56.0 Å². The molecule has 4 rings (SSSR count). The largest absolute Gasteiger partial charge is 0.368 e. The van der Waals surface area contributed by atoms with E-state index in [0.717, 1.165) is 39.0 Å². The Morgan fingerprint density at radius 2 is 1.65 bits per heavy atom. The number of carbonyl (C=O) groups excluding carboxylic acids is 2. The van der Waals surface area contributed by atoms with E-state index in [2.05, 4.69) is 27.3 Å². The van der Waals surface area contributed by atoms with Gasteiger partial charge in [0, 0.05) is 51.2 Å². The molecule has 0 atom stereocenters. The highest BCUT2D eigenvalue weighted by Crippen LogP contribution is 2.22. The lowest BCUT2D eigenvalue weighted by molar-refractivity contribution is -0.129. The molecule has 31 heavy (non-hydrogen) atoms. The third-order valence-electron chi connectivity index (χ3n) is 5.89. The lowest BCUT2D eigenvalue weighted by atomic mass is 10.1. The molecule has 2 fully saturated rings. The highest BCUT2D eigenvalue weighted by molar-refractivity contribution is 6.33. The molecule has 0 radical (unpaired) electrons. The standard InChI is InChI=1S/C23H28ClN5O2/c24-20-15-18(23(31)29-9-5-2-6-10-29)16-25-22(20)26-17-21(30)28-13-11-27(12-14-28)19-7-3-1-4-8-19/h1,3-4,7-8,15-16H,2,5-6,9-14,17H2,(H,25,26). The van der Waals surface area contributed by atoms with Crippen molar-refractivity contribution in [2.45, 2.75) is 19.3 Å². The molecule has 2 saturated heterocycles. The van der Waals surface area contributed by atoms with E-state index < -0.39 is 0 Å². The monoisotopic (exact) mass is 441 g/mol. The Bertz CT molecular complexity index is 909. The molecule has 3 heterocycles. The van der Waals surface area contributed by atoms with Crippen molar-refractivity contribution >= 4 is 34.9 Å². The molecule has 0 unspecified atom stereocenters. The van der Waals surface area contributed by atoms with Crippen molar-refractivity contribution in [3.05, 3.63) is 53.2 Å². The van der Waals surface area contributed by atoms with Gasteiger partial charge in [0.05, 0.1) is 17.1 Å². The van der Waals surface area contributed by atoms with Gasteiger partial charge in [-0.25, -0.2) is 4.98 Å². The van der Waals surface area contributed by atoms with E-state index in [0.29, 0.717) is 29.5 Å². The summed E-state index contributed by atoms with van der Waals surface area (Å²) in [5, 5.41) is 3.38. The maximum Gasteiger partial charge on any atom is 0.255 e. The maximum absolute atomic E-state index is 12.6. The van der Waals surface area contributed by atoms with Gasteiger partial charge in [0.2, 0.25) is 5.91 Å². The average molecular weight is 442 g/mol. The summed E-state index contributed by atoms with van der Waals surface area (Å²) in [6, 6.07) is 11.9. The number of benzene rings is 1. The van der Waals surface area contributed by atoms with Crippen LogP contribution in [0.4, 0.5) is 11.5 Å². The average Bonchev–Trinajstić information content (AvgIpc) is 2.84. The first kappa shape index (κ1) is 21.4. The third-order valence-corrected chi connectivity index (χ3v) is 6.18. The Balaban J connectivity index is 1.28. The molecule has 2 aromatic rings. The number of carbonyl (C=O) groups is 2. The van der Waals surface area contributed by atoms with Crippen molar-refractivity contribution < 1.29 is 9.59 Å². The third kappa shape index (κ3) is 5.28. The minimum Gasteiger partial charge on any atom is -0.368 e. The van der Waals surface area contributed by atoms with Crippen LogP contribution >= 0.6 is 11.6 Å². The SMILES string of the molecule is O=C(CNc1ncc(C(=O)N2CCCCC2)cc1Cl)N1CCN(c2ccccc2)CC1. The highest BCUT2D eigenvalue weighted by Gasteiger charge is 2.22. The zero-order valence-electron chi connectivity index (χ0n) is 17.6. The summed E-state index contributed by atoms with van der Waals surface area (Å²) in [7, 11) is 0. The zero-order valence-corrected chi connectivity index (χ0v) is 18.4. The zero-order chi connectivity index (χ0) is 21.6. The number of amides is 2. The van der Waals surface area contributed by atoms with E-state index >= 15 is 0 Å². The topological polar surface area (TPSA) is 68.8 Å². The van der Waals surface area contributed by atoms with Crippen LogP contribution in [0.25, 0.3) is 0 Å². The molecule has 0 bridgehead atoms. The number of anilines is 2. The second-order valence-corrected chi connectivity index (χ2v) is 8.37. The van der Waals surface area contributed by atoms with Gasteiger partial charge in [0.1, 0.15) is 5.82 Å². The van der Waals surface area contributed by atoms with Crippen molar-refractivity contribution in [1.82, 2.24) is 14.8 Å². The van der Waals surface area contributed by atoms with Gasteiger partial charge >= 0.3 is 0 Å². The van der Waals surface area contributed by atoms with Gasteiger partial charge < -0.3 is 20.0 Å². The number of rotatable bonds is 5. The number of nitrogens with zero attached hydrogens (tertiary/aromatic N) is 4. The molecule has 8 heteroatoms. The van der Waals surface area contributed by atoms with Crippen LogP contribution in [0.1, 0.15) is 29.6 Å². The normalized spacial score (nSPS) is 16.9. The molecule has 164 valence electrons. The smallest absolute Gasteiger partial charge is 0.255 e. The van der Waals surface area contributed by atoms with Crippen LogP contribution in [0, 0.1) is 0 Å². The number of pyridine rings is 1. The van der Waals surface area contributed by atoms with E-state index in [1.807, 2.05) is 28.0 Å².